The van der Waals surface area contributed by atoms with Crippen LogP contribution in [-0.2, 0) is 19.1 Å². The molecule has 8 nitrogen and oxygen atoms in total. The van der Waals surface area contributed by atoms with Gasteiger partial charge in [0.1, 0.15) is 23.6 Å². The van der Waals surface area contributed by atoms with E-state index in [-0.39, 0.29) is 23.8 Å². The Bertz CT molecular complexity index is 1140. The molecule has 2 aliphatic carbocycles. The lowest BCUT2D eigenvalue weighted by Crippen LogP contribution is -2.52. The first-order valence-corrected chi connectivity index (χ1v) is 12.7. The fourth-order valence-corrected chi connectivity index (χ4v) is 5.01. The van der Waals surface area contributed by atoms with Gasteiger partial charge in [-0.3, -0.25) is 14.4 Å². The molecule has 3 atom stereocenters. The van der Waals surface area contributed by atoms with Crippen LogP contribution in [0, 0.1) is 11.8 Å². The number of H-pyrrole nitrogens is 1. The molecule has 10 heteroatoms. The van der Waals surface area contributed by atoms with E-state index in [1.807, 2.05) is 0 Å². The number of halogens is 2. The Balaban J connectivity index is 1.48. The van der Waals surface area contributed by atoms with E-state index in [0.717, 1.165) is 31.1 Å². The number of aromatic amines is 1. The highest BCUT2D eigenvalue weighted by atomic mass is 35.5. The van der Waals surface area contributed by atoms with Crippen LogP contribution in [0.1, 0.15) is 61.9 Å². The normalized spacial score (nSPS) is 19.7. The number of fused-ring (bicyclic) bond motifs is 1. The van der Waals surface area contributed by atoms with Crippen molar-refractivity contribution < 1.29 is 23.9 Å². The van der Waals surface area contributed by atoms with E-state index in [4.69, 9.17) is 27.9 Å². The van der Waals surface area contributed by atoms with Gasteiger partial charge in [0.05, 0.1) is 22.7 Å². The van der Waals surface area contributed by atoms with Crippen LogP contribution in [0.4, 0.5) is 0 Å². The van der Waals surface area contributed by atoms with Gasteiger partial charge >= 0.3 is 5.97 Å². The molecule has 2 amide bonds. The summed E-state index contributed by atoms with van der Waals surface area (Å²) < 4.78 is 4.89. The number of Topliss-reactive ketones (excluding diaryl/α,β-unsaturated/α-hetero) is 1. The minimum absolute atomic E-state index is 0.111. The summed E-state index contributed by atoms with van der Waals surface area (Å²) in [6.45, 7) is 0. The molecule has 2 aliphatic rings. The van der Waals surface area contributed by atoms with Crippen LogP contribution in [0.5, 0.6) is 0 Å². The average molecular weight is 522 g/mol. The summed E-state index contributed by atoms with van der Waals surface area (Å²) in [6.07, 6.45) is 5.57. The van der Waals surface area contributed by atoms with Gasteiger partial charge < -0.3 is 20.4 Å². The molecule has 0 radical (unpaired) electrons. The van der Waals surface area contributed by atoms with Gasteiger partial charge in [-0.15, -0.1) is 0 Å². The van der Waals surface area contributed by atoms with Gasteiger partial charge in [-0.05, 0) is 43.7 Å². The first-order chi connectivity index (χ1) is 16.8. The Kier molecular flexibility index (Phi) is 8.02. The topological polar surface area (TPSA) is 117 Å². The monoisotopic (exact) mass is 521 g/mol. The van der Waals surface area contributed by atoms with Crippen molar-refractivity contribution in [3.05, 3.63) is 33.9 Å². The lowest BCUT2D eigenvalue weighted by Gasteiger charge is -2.26. The van der Waals surface area contributed by atoms with E-state index < -0.39 is 29.9 Å². The largest absolute Gasteiger partial charge is 0.467 e. The molecular formula is C25H29Cl2N3O5. The summed E-state index contributed by atoms with van der Waals surface area (Å²) >= 11 is 12.3. The van der Waals surface area contributed by atoms with E-state index in [1.165, 1.54) is 7.11 Å². The third-order valence-corrected chi connectivity index (χ3v) is 7.63. The standard InChI is InChI=1S/C25H29Cl2N3O5/c1-35-25(34)19(11-14-4-2-3-5-20(14)31)30-23(32)17(10-13-6-7-13)29-24(33)18-12-15-8-9-16(26)21(27)22(15)28-18/h8-9,12-14,17,19,28H,2-7,10-11H2,1H3,(H,29,33)(H,30,32)/t14-,17-,19-/m0/s1. The van der Waals surface area contributed by atoms with Gasteiger partial charge in [-0.1, -0.05) is 48.5 Å². The van der Waals surface area contributed by atoms with Crippen LogP contribution in [-0.4, -0.2) is 47.7 Å². The number of nitrogens with one attached hydrogen (secondary N) is 3. The van der Waals surface area contributed by atoms with Crippen molar-refractivity contribution in [1.29, 1.82) is 0 Å². The van der Waals surface area contributed by atoms with E-state index in [9.17, 15) is 19.2 Å². The fraction of sp³-hybridized carbons (Fsp3) is 0.520. The number of carbonyl (C=O) groups is 4. The maximum Gasteiger partial charge on any atom is 0.328 e. The summed E-state index contributed by atoms with van der Waals surface area (Å²) in [5.74, 6) is -1.38. The Hall–Kier alpha value is -2.58. The molecule has 1 heterocycles. The van der Waals surface area contributed by atoms with Gasteiger partial charge in [-0.2, -0.15) is 0 Å². The second-order valence-corrected chi connectivity index (χ2v) is 10.2. The fourth-order valence-electron chi connectivity index (χ4n) is 4.63. The summed E-state index contributed by atoms with van der Waals surface area (Å²) in [5.41, 5.74) is 0.783. The number of rotatable bonds is 9. The molecule has 2 aromatic rings. The molecule has 4 rings (SSSR count). The van der Waals surface area contributed by atoms with Crippen molar-refractivity contribution in [2.75, 3.05) is 7.11 Å². The number of esters is 1. The maximum atomic E-state index is 13.2. The zero-order chi connectivity index (χ0) is 25.1. The number of amides is 2. The van der Waals surface area contributed by atoms with E-state index in [1.54, 1.807) is 18.2 Å². The summed E-state index contributed by atoms with van der Waals surface area (Å²) in [7, 11) is 1.25. The zero-order valence-electron chi connectivity index (χ0n) is 19.5. The van der Waals surface area contributed by atoms with E-state index in [2.05, 4.69) is 15.6 Å². The summed E-state index contributed by atoms with van der Waals surface area (Å²) in [6, 6.07) is 3.25. The van der Waals surface area contributed by atoms with E-state index in [0.29, 0.717) is 40.7 Å². The molecule has 35 heavy (non-hydrogen) atoms. The molecule has 3 N–H and O–H groups in total. The Morgan fingerprint density at radius 2 is 1.86 bits per heavy atom. The number of benzene rings is 1. The molecule has 0 saturated heterocycles. The number of ether oxygens (including phenoxy) is 1. The average Bonchev–Trinajstić information content (AvgIpc) is 3.55. The van der Waals surface area contributed by atoms with Crippen molar-refractivity contribution in [2.24, 2.45) is 11.8 Å². The maximum absolute atomic E-state index is 13.2. The highest BCUT2D eigenvalue weighted by Crippen LogP contribution is 2.34. The molecule has 1 aromatic carbocycles. The molecular weight excluding hydrogens is 493 g/mol. The third-order valence-electron chi connectivity index (χ3n) is 6.82. The van der Waals surface area contributed by atoms with Crippen LogP contribution in [0.3, 0.4) is 0 Å². The molecule has 0 bridgehead atoms. The second-order valence-electron chi connectivity index (χ2n) is 9.44. The van der Waals surface area contributed by atoms with Crippen molar-refractivity contribution >= 4 is 57.7 Å². The van der Waals surface area contributed by atoms with Crippen molar-refractivity contribution in [1.82, 2.24) is 15.6 Å². The Labute approximate surface area is 213 Å². The number of methoxy groups -OCH3 is 1. The first-order valence-electron chi connectivity index (χ1n) is 11.9. The highest BCUT2D eigenvalue weighted by molar-refractivity contribution is 6.45. The van der Waals surface area contributed by atoms with Gasteiger partial charge in [-0.25, -0.2) is 4.79 Å². The minimum Gasteiger partial charge on any atom is -0.467 e. The Morgan fingerprint density at radius 1 is 1.09 bits per heavy atom. The first kappa shape index (κ1) is 25.5. The molecule has 0 aliphatic heterocycles. The number of hydrogen-bond donors (Lipinski definition) is 3. The molecule has 2 fully saturated rings. The zero-order valence-corrected chi connectivity index (χ0v) is 21.0. The molecule has 0 unspecified atom stereocenters. The number of ketones is 1. The van der Waals surface area contributed by atoms with Crippen molar-refractivity contribution in [3.8, 4) is 0 Å². The summed E-state index contributed by atoms with van der Waals surface area (Å²) in [5, 5.41) is 6.93. The van der Waals surface area contributed by atoms with Gasteiger partial charge in [0.2, 0.25) is 5.91 Å². The van der Waals surface area contributed by atoms with Crippen LogP contribution < -0.4 is 10.6 Å². The molecule has 0 spiro atoms. The Morgan fingerprint density at radius 3 is 2.54 bits per heavy atom. The van der Waals surface area contributed by atoms with Crippen molar-refractivity contribution in [2.45, 2.75) is 63.5 Å². The number of aromatic nitrogens is 1. The van der Waals surface area contributed by atoms with Crippen LogP contribution >= 0.6 is 23.2 Å². The predicted octanol–water partition coefficient (Wildman–Crippen LogP) is 4.18. The predicted molar refractivity (Wildman–Crippen MR) is 132 cm³/mol. The van der Waals surface area contributed by atoms with Crippen molar-refractivity contribution in [3.63, 3.8) is 0 Å². The van der Waals surface area contributed by atoms with Gasteiger partial charge in [0, 0.05) is 17.7 Å². The van der Waals surface area contributed by atoms with Gasteiger partial charge in [0.25, 0.3) is 5.91 Å². The quantitative estimate of drug-likeness (QED) is 0.427. The molecule has 188 valence electrons. The van der Waals surface area contributed by atoms with Gasteiger partial charge in [0.15, 0.2) is 0 Å². The van der Waals surface area contributed by atoms with E-state index >= 15 is 0 Å². The SMILES string of the molecule is COC(=O)[C@H](C[C@@H]1CCCCC1=O)NC(=O)[C@H](CC1CC1)NC(=O)c1cc2ccc(Cl)c(Cl)c2[nH]1. The second kappa shape index (κ2) is 11.0. The minimum atomic E-state index is -0.952. The van der Waals surface area contributed by atoms with Crippen LogP contribution in [0.2, 0.25) is 10.0 Å². The lowest BCUT2D eigenvalue weighted by atomic mass is 9.83. The molecule has 2 saturated carbocycles. The number of hydrogen-bond acceptors (Lipinski definition) is 5. The smallest absolute Gasteiger partial charge is 0.328 e. The molecule has 1 aromatic heterocycles. The van der Waals surface area contributed by atoms with Crippen LogP contribution in [0.15, 0.2) is 18.2 Å². The highest BCUT2D eigenvalue weighted by Gasteiger charge is 2.35. The lowest BCUT2D eigenvalue weighted by molar-refractivity contribution is -0.146. The van der Waals surface area contributed by atoms with Crippen LogP contribution in [0.25, 0.3) is 10.9 Å². The third kappa shape index (κ3) is 6.16. The summed E-state index contributed by atoms with van der Waals surface area (Å²) in [4.78, 5) is 53.9. The number of carbonyl (C=O) groups excluding carboxylic acids is 4.